The number of pyridine rings is 1. The third-order valence-electron chi connectivity index (χ3n) is 2.76. The lowest BCUT2D eigenvalue weighted by molar-refractivity contribution is 0.605. The predicted octanol–water partition coefficient (Wildman–Crippen LogP) is 2.34. The minimum Gasteiger partial charge on any atom is -0.364 e. The zero-order valence-corrected chi connectivity index (χ0v) is 11.9. The Hall–Kier alpha value is -2.24. The summed E-state index contributed by atoms with van der Waals surface area (Å²) < 4.78 is 0. The molecule has 0 saturated carbocycles. The Bertz CT molecular complexity index is 514. The molecule has 0 aliphatic carbocycles. The molecule has 2 N–H and O–H groups in total. The number of rotatable bonds is 7. The molecule has 2 aromatic rings. The molecule has 2 heterocycles. The SMILES string of the molecule is CC(C)CCNc1nncc(NCc2cccnc2)n1. The molecular weight excluding hydrogens is 252 g/mol. The van der Waals surface area contributed by atoms with E-state index in [0.717, 1.165) is 18.5 Å². The minimum absolute atomic E-state index is 0.557. The third-order valence-corrected chi connectivity index (χ3v) is 2.76. The average Bonchev–Trinajstić information content (AvgIpc) is 2.46. The molecule has 0 spiro atoms. The maximum Gasteiger partial charge on any atom is 0.244 e. The van der Waals surface area contributed by atoms with Gasteiger partial charge >= 0.3 is 0 Å². The van der Waals surface area contributed by atoms with E-state index in [-0.39, 0.29) is 0 Å². The van der Waals surface area contributed by atoms with Gasteiger partial charge < -0.3 is 10.6 Å². The summed E-state index contributed by atoms with van der Waals surface area (Å²) in [5.41, 5.74) is 1.10. The second kappa shape index (κ2) is 7.37. The van der Waals surface area contributed by atoms with E-state index in [1.54, 1.807) is 12.4 Å². The van der Waals surface area contributed by atoms with Gasteiger partial charge in [0, 0.05) is 25.5 Å². The van der Waals surface area contributed by atoms with Crippen LogP contribution in [0.3, 0.4) is 0 Å². The van der Waals surface area contributed by atoms with E-state index in [1.807, 2.05) is 18.3 Å². The highest BCUT2D eigenvalue weighted by atomic mass is 15.3. The summed E-state index contributed by atoms with van der Waals surface area (Å²) in [4.78, 5) is 8.44. The van der Waals surface area contributed by atoms with Gasteiger partial charge in [-0.25, -0.2) is 0 Å². The van der Waals surface area contributed by atoms with Crippen LogP contribution in [0.2, 0.25) is 0 Å². The van der Waals surface area contributed by atoms with Crippen molar-refractivity contribution >= 4 is 11.8 Å². The molecule has 20 heavy (non-hydrogen) atoms. The van der Waals surface area contributed by atoms with Gasteiger partial charge in [-0.15, -0.1) is 5.10 Å². The van der Waals surface area contributed by atoms with Crippen LogP contribution in [-0.2, 0) is 6.54 Å². The van der Waals surface area contributed by atoms with Crippen molar-refractivity contribution in [1.29, 1.82) is 0 Å². The van der Waals surface area contributed by atoms with Crippen LogP contribution in [0.5, 0.6) is 0 Å². The van der Waals surface area contributed by atoms with Gasteiger partial charge in [0.2, 0.25) is 5.95 Å². The summed E-state index contributed by atoms with van der Waals surface area (Å²) in [5, 5.41) is 14.3. The number of nitrogens with one attached hydrogen (secondary N) is 2. The van der Waals surface area contributed by atoms with E-state index >= 15 is 0 Å². The van der Waals surface area contributed by atoms with E-state index in [2.05, 4.69) is 44.6 Å². The maximum absolute atomic E-state index is 4.37. The van der Waals surface area contributed by atoms with Crippen molar-refractivity contribution in [1.82, 2.24) is 20.2 Å². The maximum atomic E-state index is 4.37. The fourth-order valence-corrected chi connectivity index (χ4v) is 1.63. The van der Waals surface area contributed by atoms with Gasteiger partial charge in [0.1, 0.15) is 0 Å². The second-order valence-corrected chi connectivity index (χ2v) is 4.99. The molecule has 6 heteroatoms. The lowest BCUT2D eigenvalue weighted by Crippen LogP contribution is -2.10. The summed E-state index contributed by atoms with van der Waals surface area (Å²) in [6, 6.07) is 3.92. The highest BCUT2D eigenvalue weighted by Crippen LogP contribution is 2.07. The Kier molecular flexibility index (Phi) is 5.23. The van der Waals surface area contributed by atoms with Crippen LogP contribution >= 0.6 is 0 Å². The zero-order chi connectivity index (χ0) is 14.2. The number of anilines is 2. The van der Waals surface area contributed by atoms with Crippen LogP contribution in [0.1, 0.15) is 25.8 Å². The van der Waals surface area contributed by atoms with Gasteiger partial charge in [-0.3, -0.25) is 4.98 Å². The van der Waals surface area contributed by atoms with E-state index in [9.17, 15) is 0 Å². The van der Waals surface area contributed by atoms with Crippen molar-refractivity contribution in [3.8, 4) is 0 Å². The average molecular weight is 272 g/mol. The van der Waals surface area contributed by atoms with Crippen LogP contribution in [0, 0.1) is 5.92 Å². The lowest BCUT2D eigenvalue weighted by atomic mass is 10.1. The van der Waals surface area contributed by atoms with E-state index in [0.29, 0.717) is 24.2 Å². The molecule has 106 valence electrons. The fourth-order valence-electron chi connectivity index (χ4n) is 1.63. The Morgan fingerprint density at radius 1 is 1.20 bits per heavy atom. The van der Waals surface area contributed by atoms with Crippen molar-refractivity contribution in [2.45, 2.75) is 26.8 Å². The van der Waals surface area contributed by atoms with Crippen molar-refractivity contribution in [2.75, 3.05) is 17.2 Å². The first kappa shape index (κ1) is 14.2. The number of aromatic nitrogens is 4. The van der Waals surface area contributed by atoms with Crippen molar-refractivity contribution in [3.05, 3.63) is 36.3 Å². The van der Waals surface area contributed by atoms with Crippen molar-refractivity contribution < 1.29 is 0 Å². The molecule has 0 amide bonds. The Morgan fingerprint density at radius 2 is 2.10 bits per heavy atom. The largest absolute Gasteiger partial charge is 0.364 e. The second-order valence-electron chi connectivity index (χ2n) is 4.99. The van der Waals surface area contributed by atoms with E-state index in [4.69, 9.17) is 0 Å². The van der Waals surface area contributed by atoms with Crippen LogP contribution in [0.4, 0.5) is 11.8 Å². The summed E-state index contributed by atoms with van der Waals surface area (Å²) in [7, 11) is 0. The number of nitrogens with zero attached hydrogens (tertiary/aromatic N) is 4. The van der Waals surface area contributed by atoms with Crippen LogP contribution in [-0.4, -0.2) is 26.7 Å². The van der Waals surface area contributed by atoms with Gasteiger partial charge in [0.05, 0.1) is 6.20 Å². The summed E-state index contributed by atoms with van der Waals surface area (Å²) in [5.74, 6) is 1.92. The standard InChI is InChI=1S/C14H20N6/c1-11(2)5-7-16-14-19-13(10-18-20-14)17-9-12-4-3-6-15-8-12/h3-4,6,8,10-11H,5,7,9H2,1-2H3,(H2,16,17,19,20). The van der Waals surface area contributed by atoms with E-state index < -0.39 is 0 Å². The molecule has 0 aliphatic rings. The molecule has 0 unspecified atom stereocenters. The molecule has 0 atom stereocenters. The first-order valence-corrected chi connectivity index (χ1v) is 6.80. The smallest absolute Gasteiger partial charge is 0.244 e. The van der Waals surface area contributed by atoms with Gasteiger partial charge in [-0.1, -0.05) is 19.9 Å². The zero-order valence-electron chi connectivity index (χ0n) is 11.9. The summed E-state index contributed by atoms with van der Waals surface area (Å²) >= 11 is 0. The monoisotopic (exact) mass is 272 g/mol. The Morgan fingerprint density at radius 3 is 2.85 bits per heavy atom. The number of hydrogen-bond acceptors (Lipinski definition) is 6. The van der Waals surface area contributed by atoms with E-state index in [1.165, 1.54) is 0 Å². The molecule has 6 nitrogen and oxygen atoms in total. The highest BCUT2D eigenvalue weighted by Gasteiger charge is 2.01. The normalized spacial score (nSPS) is 10.6. The molecule has 0 fully saturated rings. The van der Waals surface area contributed by atoms with Gasteiger partial charge in [-0.2, -0.15) is 10.1 Å². The molecule has 0 radical (unpaired) electrons. The first-order valence-electron chi connectivity index (χ1n) is 6.80. The van der Waals surface area contributed by atoms with Crippen LogP contribution < -0.4 is 10.6 Å². The van der Waals surface area contributed by atoms with Crippen molar-refractivity contribution in [3.63, 3.8) is 0 Å². The predicted molar refractivity (Wildman–Crippen MR) is 79.3 cm³/mol. The van der Waals surface area contributed by atoms with Gasteiger partial charge in [-0.05, 0) is 24.0 Å². The van der Waals surface area contributed by atoms with Crippen LogP contribution in [0.15, 0.2) is 30.7 Å². The Labute approximate surface area is 119 Å². The lowest BCUT2D eigenvalue weighted by Gasteiger charge is -2.08. The topological polar surface area (TPSA) is 75.6 Å². The van der Waals surface area contributed by atoms with Gasteiger partial charge in [0.25, 0.3) is 0 Å². The fraction of sp³-hybridized carbons (Fsp3) is 0.429. The molecule has 0 aromatic carbocycles. The number of hydrogen-bond donors (Lipinski definition) is 2. The van der Waals surface area contributed by atoms with Crippen molar-refractivity contribution in [2.24, 2.45) is 5.92 Å². The molecule has 2 rings (SSSR count). The molecule has 2 aromatic heterocycles. The highest BCUT2D eigenvalue weighted by molar-refractivity contribution is 5.37. The molecule has 0 aliphatic heterocycles. The summed E-state index contributed by atoms with van der Waals surface area (Å²) in [6.07, 6.45) is 6.27. The van der Waals surface area contributed by atoms with Gasteiger partial charge in [0.15, 0.2) is 5.82 Å². The minimum atomic E-state index is 0.557. The summed E-state index contributed by atoms with van der Waals surface area (Å²) in [6.45, 7) is 5.89. The molecule has 0 bridgehead atoms. The molecular formula is C14H20N6. The first-order chi connectivity index (χ1) is 9.74. The Balaban J connectivity index is 1.86. The van der Waals surface area contributed by atoms with Crippen LogP contribution in [0.25, 0.3) is 0 Å². The quantitative estimate of drug-likeness (QED) is 0.805. The third kappa shape index (κ3) is 4.79. The molecule has 0 saturated heterocycles.